The molecule has 1 aromatic carbocycles. The first-order valence-electron chi connectivity index (χ1n) is 7.19. The first-order valence-corrected chi connectivity index (χ1v) is 7.19. The maximum Gasteiger partial charge on any atom is 0.295 e. The first-order chi connectivity index (χ1) is 9.79. The summed E-state index contributed by atoms with van der Waals surface area (Å²) in [5, 5.41) is 11.1. The van der Waals surface area contributed by atoms with Gasteiger partial charge in [0, 0.05) is 27.2 Å². The molecule has 6 heteroatoms. The molecule has 2 rings (SSSR count). The zero-order valence-electron chi connectivity index (χ0n) is 13.0. The van der Waals surface area contributed by atoms with Crippen LogP contribution in [0.3, 0.4) is 0 Å². The van der Waals surface area contributed by atoms with Crippen molar-refractivity contribution in [3.8, 4) is 0 Å². The van der Waals surface area contributed by atoms with E-state index in [9.17, 15) is 14.5 Å². The molecule has 1 heterocycles. The van der Waals surface area contributed by atoms with Crippen molar-refractivity contribution in [1.29, 1.82) is 0 Å². The van der Waals surface area contributed by atoms with Crippen molar-refractivity contribution in [1.82, 2.24) is 0 Å². The van der Waals surface area contributed by atoms with Gasteiger partial charge in [-0.1, -0.05) is 13.8 Å². The molecule has 0 bridgehead atoms. The molecular formula is C15H22FN3O2. The summed E-state index contributed by atoms with van der Waals surface area (Å²) < 4.78 is 14.3. The molecule has 0 spiro atoms. The monoisotopic (exact) mass is 295 g/mol. The Morgan fingerprint density at radius 2 is 1.86 bits per heavy atom. The minimum Gasteiger partial charge on any atom is -0.372 e. The topological polar surface area (TPSA) is 49.6 Å². The molecular weight excluding hydrogens is 273 g/mol. The second-order valence-electron chi connectivity index (χ2n) is 6.29. The van der Waals surface area contributed by atoms with Gasteiger partial charge in [0.1, 0.15) is 5.69 Å². The highest BCUT2D eigenvalue weighted by Crippen LogP contribution is 2.36. The van der Waals surface area contributed by atoms with Crippen LogP contribution in [0, 0.1) is 27.8 Å². The molecule has 2 atom stereocenters. The smallest absolute Gasteiger partial charge is 0.295 e. The summed E-state index contributed by atoms with van der Waals surface area (Å²) >= 11 is 0. The largest absolute Gasteiger partial charge is 0.372 e. The van der Waals surface area contributed by atoms with Crippen LogP contribution >= 0.6 is 0 Å². The number of nitrogens with zero attached hydrogens (tertiary/aromatic N) is 3. The van der Waals surface area contributed by atoms with Crippen LogP contribution in [0.25, 0.3) is 0 Å². The quantitative estimate of drug-likeness (QED) is 0.634. The van der Waals surface area contributed by atoms with E-state index in [1.54, 1.807) is 25.1 Å². The molecule has 5 nitrogen and oxygen atoms in total. The number of hydrogen-bond acceptors (Lipinski definition) is 4. The zero-order chi connectivity index (χ0) is 15.7. The third-order valence-corrected chi connectivity index (χ3v) is 3.93. The number of benzene rings is 1. The maximum atomic E-state index is 14.3. The number of nitro benzene ring substituents is 1. The zero-order valence-corrected chi connectivity index (χ0v) is 13.0. The molecule has 0 amide bonds. The summed E-state index contributed by atoms with van der Waals surface area (Å²) in [6.07, 6.45) is 1.13. The van der Waals surface area contributed by atoms with Crippen molar-refractivity contribution >= 4 is 17.1 Å². The van der Waals surface area contributed by atoms with Gasteiger partial charge in [-0.05, 0) is 24.3 Å². The van der Waals surface area contributed by atoms with Gasteiger partial charge in [-0.2, -0.15) is 0 Å². The summed E-state index contributed by atoms with van der Waals surface area (Å²) in [5.74, 6) is 0.464. The highest BCUT2D eigenvalue weighted by atomic mass is 19.1. The Labute approximate surface area is 124 Å². The molecule has 0 radical (unpaired) electrons. The van der Waals surface area contributed by atoms with E-state index >= 15 is 0 Å². The summed E-state index contributed by atoms with van der Waals surface area (Å²) in [5.41, 5.74) is 0.698. The fourth-order valence-electron chi connectivity index (χ4n) is 3.15. The first kappa shape index (κ1) is 15.5. The average molecular weight is 295 g/mol. The van der Waals surface area contributed by atoms with Gasteiger partial charge in [0.2, 0.25) is 0 Å². The van der Waals surface area contributed by atoms with Gasteiger partial charge in [0.05, 0.1) is 16.7 Å². The van der Waals surface area contributed by atoms with E-state index in [1.165, 1.54) is 0 Å². The van der Waals surface area contributed by atoms with Gasteiger partial charge in [0.15, 0.2) is 5.82 Å². The van der Waals surface area contributed by atoms with Crippen molar-refractivity contribution < 1.29 is 9.31 Å². The van der Waals surface area contributed by atoms with Gasteiger partial charge >= 0.3 is 0 Å². The third kappa shape index (κ3) is 3.25. The molecule has 21 heavy (non-hydrogen) atoms. The molecule has 1 fully saturated rings. The summed E-state index contributed by atoms with van der Waals surface area (Å²) in [6, 6.07) is 2.63. The predicted octanol–water partition coefficient (Wildman–Crippen LogP) is 3.28. The Morgan fingerprint density at radius 1 is 1.29 bits per heavy atom. The highest BCUT2D eigenvalue weighted by molar-refractivity contribution is 5.70. The summed E-state index contributed by atoms with van der Waals surface area (Å²) in [6.45, 7) is 5.87. The Bertz CT molecular complexity index is 538. The van der Waals surface area contributed by atoms with Gasteiger partial charge in [-0.25, -0.2) is 4.39 Å². The van der Waals surface area contributed by atoms with Crippen molar-refractivity contribution in [2.24, 2.45) is 11.8 Å². The lowest BCUT2D eigenvalue weighted by Gasteiger charge is -2.37. The van der Waals surface area contributed by atoms with E-state index in [2.05, 4.69) is 13.8 Å². The highest BCUT2D eigenvalue weighted by Gasteiger charge is 2.27. The molecule has 1 aromatic rings. The van der Waals surface area contributed by atoms with Gasteiger partial charge in [-0.15, -0.1) is 0 Å². The van der Waals surface area contributed by atoms with E-state index in [0.717, 1.165) is 25.6 Å². The lowest BCUT2D eigenvalue weighted by atomic mass is 9.91. The number of nitro groups is 1. The number of rotatable bonds is 3. The number of piperidine rings is 1. The third-order valence-electron chi connectivity index (χ3n) is 3.93. The maximum absolute atomic E-state index is 14.3. The standard InChI is InChI=1S/C15H22FN3O2/c1-10-5-11(2)9-18(8-10)13-7-14(17(3)4)15(19(20)21)6-12(13)16/h6-7,10-11H,5,8-9H2,1-4H3. The van der Waals surface area contributed by atoms with Gasteiger partial charge < -0.3 is 9.80 Å². The van der Waals surface area contributed by atoms with Gasteiger partial charge in [-0.3, -0.25) is 10.1 Å². The minimum absolute atomic E-state index is 0.195. The van der Waals surface area contributed by atoms with E-state index in [1.807, 2.05) is 4.90 Å². The van der Waals surface area contributed by atoms with Crippen molar-refractivity contribution in [2.45, 2.75) is 20.3 Å². The minimum atomic E-state index is -0.538. The number of halogens is 1. The van der Waals surface area contributed by atoms with E-state index in [0.29, 0.717) is 23.2 Å². The van der Waals surface area contributed by atoms with Crippen LogP contribution < -0.4 is 9.80 Å². The van der Waals surface area contributed by atoms with Crippen LogP contribution in [0.4, 0.5) is 21.5 Å². The average Bonchev–Trinajstić information content (AvgIpc) is 2.36. The summed E-state index contributed by atoms with van der Waals surface area (Å²) in [4.78, 5) is 14.2. The van der Waals surface area contributed by atoms with E-state index < -0.39 is 10.7 Å². The van der Waals surface area contributed by atoms with Crippen molar-refractivity contribution in [2.75, 3.05) is 37.0 Å². The van der Waals surface area contributed by atoms with Crippen LogP contribution in [0.5, 0.6) is 0 Å². The molecule has 2 unspecified atom stereocenters. The lowest BCUT2D eigenvalue weighted by Crippen LogP contribution is -2.39. The normalized spacial score (nSPS) is 22.2. The Hall–Kier alpha value is -1.85. The number of anilines is 2. The second-order valence-corrected chi connectivity index (χ2v) is 6.29. The molecule has 0 aliphatic carbocycles. The molecule has 0 N–H and O–H groups in total. The van der Waals surface area contributed by atoms with Crippen LogP contribution in [0.2, 0.25) is 0 Å². The molecule has 1 aliphatic rings. The molecule has 0 aromatic heterocycles. The van der Waals surface area contributed by atoms with Crippen LogP contribution in [0.1, 0.15) is 20.3 Å². The van der Waals surface area contributed by atoms with Crippen LogP contribution in [-0.4, -0.2) is 32.1 Å². The molecule has 116 valence electrons. The van der Waals surface area contributed by atoms with Crippen LogP contribution in [0.15, 0.2) is 12.1 Å². The summed E-state index contributed by atoms with van der Waals surface area (Å²) in [7, 11) is 3.46. The number of hydrogen-bond donors (Lipinski definition) is 0. The van der Waals surface area contributed by atoms with Crippen molar-refractivity contribution in [3.63, 3.8) is 0 Å². The fraction of sp³-hybridized carbons (Fsp3) is 0.600. The lowest BCUT2D eigenvalue weighted by molar-refractivity contribution is -0.384. The van der Waals surface area contributed by atoms with E-state index in [-0.39, 0.29) is 5.69 Å². The van der Waals surface area contributed by atoms with Crippen molar-refractivity contribution in [3.05, 3.63) is 28.1 Å². The SMILES string of the molecule is CC1CC(C)CN(c2cc(N(C)C)c([N+](=O)[O-])cc2F)C1. The Balaban J connectivity index is 2.44. The fourth-order valence-corrected chi connectivity index (χ4v) is 3.15. The van der Waals surface area contributed by atoms with Crippen LogP contribution in [-0.2, 0) is 0 Å². The second kappa shape index (κ2) is 5.87. The predicted molar refractivity (Wildman–Crippen MR) is 82.5 cm³/mol. The van der Waals surface area contributed by atoms with Gasteiger partial charge in [0.25, 0.3) is 5.69 Å². The van der Waals surface area contributed by atoms with E-state index in [4.69, 9.17) is 0 Å². The Kier molecular flexibility index (Phi) is 4.34. The molecule has 1 saturated heterocycles. The Morgan fingerprint density at radius 3 is 2.33 bits per heavy atom. The molecule has 0 saturated carbocycles. The molecule has 1 aliphatic heterocycles.